The molecule has 2 rings (SSSR count). The summed E-state index contributed by atoms with van der Waals surface area (Å²) in [6.45, 7) is 1.76. The van der Waals surface area contributed by atoms with Gasteiger partial charge in [-0.15, -0.1) is 11.6 Å². The summed E-state index contributed by atoms with van der Waals surface area (Å²) in [6.07, 6.45) is -5.22. The number of hydrogen-bond acceptors (Lipinski definition) is 1. The molecule has 1 aromatic heterocycles. The lowest BCUT2D eigenvalue weighted by Gasteiger charge is -2.11. The summed E-state index contributed by atoms with van der Waals surface area (Å²) in [5, 5.41) is -0.481. The largest absolute Gasteiger partial charge is 0.389 e. The highest BCUT2D eigenvalue weighted by Crippen LogP contribution is 2.29. The number of fused-ring (bicyclic) bond motifs is 1. The van der Waals surface area contributed by atoms with Gasteiger partial charge in [0.1, 0.15) is 11.6 Å². The van der Waals surface area contributed by atoms with Crippen molar-refractivity contribution in [2.45, 2.75) is 37.9 Å². The highest BCUT2D eigenvalue weighted by atomic mass is 79.9. The summed E-state index contributed by atoms with van der Waals surface area (Å²) in [5.74, 6) is -0.0559. The SMILES string of the molecule is CC(Cl)c1nc2cc(Br)c(F)cc2n1CCCC(F)(F)F. The van der Waals surface area contributed by atoms with E-state index in [2.05, 4.69) is 20.9 Å². The second kappa shape index (κ2) is 6.12. The molecule has 0 amide bonds. The van der Waals surface area contributed by atoms with Gasteiger partial charge in [0.05, 0.1) is 20.9 Å². The highest BCUT2D eigenvalue weighted by molar-refractivity contribution is 9.10. The van der Waals surface area contributed by atoms with E-state index in [-0.39, 0.29) is 17.4 Å². The van der Waals surface area contributed by atoms with Gasteiger partial charge in [0.25, 0.3) is 0 Å². The number of nitrogens with zero attached hydrogens (tertiary/aromatic N) is 2. The molecular formula is C13H12BrClF4N2. The Morgan fingerprint density at radius 2 is 2.05 bits per heavy atom. The normalized spacial score (nSPS) is 13.9. The van der Waals surface area contributed by atoms with Crippen LogP contribution in [0.2, 0.25) is 0 Å². The predicted molar refractivity (Wildman–Crippen MR) is 76.9 cm³/mol. The molecule has 8 heteroatoms. The number of aryl methyl sites for hydroxylation is 1. The molecule has 0 saturated heterocycles. The van der Waals surface area contributed by atoms with E-state index in [1.807, 2.05) is 0 Å². The number of halogens is 6. The molecule has 2 nitrogen and oxygen atoms in total. The van der Waals surface area contributed by atoms with Gasteiger partial charge in [0.15, 0.2) is 0 Å². The number of benzene rings is 1. The van der Waals surface area contributed by atoms with Crippen LogP contribution in [-0.4, -0.2) is 15.7 Å². The summed E-state index contributed by atoms with van der Waals surface area (Å²) in [6, 6.07) is 2.75. The molecule has 0 bridgehead atoms. The number of aromatic nitrogens is 2. The molecule has 0 aliphatic rings. The van der Waals surface area contributed by atoms with Crippen molar-refractivity contribution in [2.75, 3.05) is 0 Å². The maximum Gasteiger partial charge on any atom is 0.389 e. The van der Waals surface area contributed by atoms with Gasteiger partial charge < -0.3 is 4.57 Å². The molecule has 1 atom stereocenters. The average molecular weight is 388 g/mol. The van der Waals surface area contributed by atoms with Crippen LogP contribution in [0.5, 0.6) is 0 Å². The monoisotopic (exact) mass is 386 g/mol. The Morgan fingerprint density at radius 1 is 1.38 bits per heavy atom. The average Bonchev–Trinajstić information content (AvgIpc) is 2.67. The molecule has 2 aromatic rings. The molecule has 1 aromatic carbocycles. The van der Waals surface area contributed by atoms with Crippen molar-refractivity contribution >= 4 is 38.6 Å². The third-order valence-electron chi connectivity index (χ3n) is 3.02. The first kappa shape index (κ1) is 16.5. The van der Waals surface area contributed by atoms with Crippen LogP contribution in [0.3, 0.4) is 0 Å². The lowest BCUT2D eigenvalue weighted by Crippen LogP contribution is -2.11. The lowest BCUT2D eigenvalue weighted by atomic mass is 10.2. The van der Waals surface area contributed by atoms with Crippen molar-refractivity contribution in [3.63, 3.8) is 0 Å². The Morgan fingerprint density at radius 3 is 2.62 bits per heavy atom. The Balaban J connectivity index is 2.39. The van der Waals surface area contributed by atoms with Gasteiger partial charge in [-0.05, 0) is 35.3 Å². The standard InChI is InChI=1S/C13H12BrClF4N2/c1-7(15)12-20-10-5-8(14)9(16)6-11(10)21(12)4-2-3-13(17,18)19/h5-7H,2-4H2,1H3. The fourth-order valence-corrected chi connectivity index (χ4v) is 2.61. The van der Waals surface area contributed by atoms with Crippen molar-refractivity contribution in [2.24, 2.45) is 0 Å². The van der Waals surface area contributed by atoms with Crippen molar-refractivity contribution in [3.05, 3.63) is 28.2 Å². The first-order chi connectivity index (χ1) is 9.69. The second-order valence-electron chi connectivity index (χ2n) is 4.71. The molecule has 1 unspecified atom stereocenters. The molecule has 0 aliphatic heterocycles. The fourth-order valence-electron chi connectivity index (χ4n) is 2.12. The van der Waals surface area contributed by atoms with Gasteiger partial charge in [-0.3, -0.25) is 0 Å². The van der Waals surface area contributed by atoms with Gasteiger partial charge in [-0.25, -0.2) is 9.37 Å². The van der Waals surface area contributed by atoms with Crippen molar-refractivity contribution in [1.29, 1.82) is 0 Å². The topological polar surface area (TPSA) is 17.8 Å². The molecule has 21 heavy (non-hydrogen) atoms. The zero-order valence-electron chi connectivity index (χ0n) is 11.0. The molecule has 0 saturated carbocycles. The van der Waals surface area contributed by atoms with E-state index in [0.717, 1.165) is 0 Å². The maximum atomic E-state index is 13.6. The van der Waals surface area contributed by atoms with E-state index >= 15 is 0 Å². The number of rotatable bonds is 4. The molecule has 0 radical (unpaired) electrons. The van der Waals surface area contributed by atoms with Gasteiger partial charge in [0, 0.05) is 19.0 Å². The molecule has 0 fully saturated rings. The molecule has 1 heterocycles. The molecular weight excluding hydrogens is 376 g/mol. The summed E-state index contributed by atoms with van der Waals surface area (Å²) in [4.78, 5) is 4.28. The second-order valence-corrected chi connectivity index (χ2v) is 6.22. The first-order valence-electron chi connectivity index (χ1n) is 6.25. The summed E-state index contributed by atoms with van der Waals surface area (Å²) in [7, 11) is 0. The zero-order chi connectivity index (χ0) is 15.8. The first-order valence-corrected chi connectivity index (χ1v) is 7.48. The van der Waals surface area contributed by atoms with Crippen LogP contribution < -0.4 is 0 Å². The van der Waals surface area contributed by atoms with Gasteiger partial charge in [-0.1, -0.05) is 0 Å². The maximum absolute atomic E-state index is 13.6. The van der Waals surface area contributed by atoms with E-state index in [9.17, 15) is 17.6 Å². The molecule has 0 N–H and O–H groups in total. The Kier molecular flexibility index (Phi) is 4.82. The quantitative estimate of drug-likeness (QED) is 0.495. The minimum atomic E-state index is -4.21. The van der Waals surface area contributed by atoms with E-state index in [1.54, 1.807) is 11.5 Å². The predicted octanol–water partition coefficient (Wildman–Crippen LogP) is 5.58. The van der Waals surface area contributed by atoms with Crippen molar-refractivity contribution < 1.29 is 17.6 Å². The third kappa shape index (κ3) is 3.88. The summed E-state index contributed by atoms with van der Waals surface area (Å²) in [5.41, 5.74) is 0.943. The number of alkyl halides is 4. The fraction of sp³-hybridized carbons (Fsp3) is 0.462. The molecule has 0 spiro atoms. The van der Waals surface area contributed by atoms with Crippen molar-refractivity contribution in [1.82, 2.24) is 9.55 Å². The van der Waals surface area contributed by atoms with Crippen LogP contribution in [0.4, 0.5) is 17.6 Å². The molecule has 116 valence electrons. The Labute approximate surface area is 132 Å². The van der Waals surface area contributed by atoms with Crippen LogP contribution in [0, 0.1) is 5.82 Å². The summed E-state index contributed by atoms with van der Waals surface area (Å²) < 4.78 is 52.2. The van der Waals surface area contributed by atoms with Crippen LogP contribution in [-0.2, 0) is 6.54 Å². The van der Waals surface area contributed by atoms with Crippen LogP contribution >= 0.6 is 27.5 Å². The summed E-state index contributed by atoms with van der Waals surface area (Å²) >= 11 is 9.08. The lowest BCUT2D eigenvalue weighted by molar-refractivity contribution is -0.135. The van der Waals surface area contributed by atoms with E-state index in [1.165, 1.54) is 12.1 Å². The van der Waals surface area contributed by atoms with Gasteiger partial charge >= 0.3 is 6.18 Å². The van der Waals surface area contributed by atoms with Gasteiger partial charge in [0.2, 0.25) is 0 Å². The molecule has 0 aliphatic carbocycles. The minimum Gasteiger partial charge on any atom is -0.327 e. The van der Waals surface area contributed by atoms with E-state index in [0.29, 0.717) is 16.9 Å². The number of imidazole rings is 1. The Hall–Kier alpha value is -0.820. The Bertz CT molecular complexity index is 652. The van der Waals surface area contributed by atoms with E-state index in [4.69, 9.17) is 11.6 Å². The van der Waals surface area contributed by atoms with Crippen LogP contribution in [0.25, 0.3) is 11.0 Å². The van der Waals surface area contributed by atoms with Crippen LogP contribution in [0.1, 0.15) is 31.0 Å². The highest BCUT2D eigenvalue weighted by Gasteiger charge is 2.26. The number of hydrogen-bond donors (Lipinski definition) is 0. The third-order valence-corrected chi connectivity index (χ3v) is 3.82. The zero-order valence-corrected chi connectivity index (χ0v) is 13.4. The van der Waals surface area contributed by atoms with Crippen molar-refractivity contribution in [3.8, 4) is 0 Å². The van der Waals surface area contributed by atoms with Crippen LogP contribution in [0.15, 0.2) is 16.6 Å². The van der Waals surface area contributed by atoms with Gasteiger partial charge in [-0.2, -0.15) is 13.2 Å². The minimum absolute atomic E-state index is 0.0868. The smallest absolute Gasteiger partial charge is 0.327 e. The van der Waals surface area contributed by atoms with E-state index < -0.39 is 23.8 Å².